The Bertz CT molecular complexity index is 1170. The van der Waals surface area contributed by atoms with Crippen molar-refractivity contribution in [2.75, 3.05) is 12.3 Å². The Labute approximate surface area is 194 Å². The molecule has 0 saturated carbocycles. The number of anilines is 1. The Kier molecular flexibility index (Phi) is 5.89. The number of imidazole rings is 1. The molecule has 1 aromatic carbocycles. The lowest BCUT2D eigenvalue weighted by Crippen LogP contribution is -2.36. The first kappa shape index (κ1) is 21.9. The van der Waals surface area contributed by atoms with Crippen molar-refractivity contribution in [1.82, 2.24) is 24.8 Å². The number of benzene rings is 1. The van der Waals surface area contributed by atoms with Crippen LogP contribution in [0.3, 0.4) is 0 Å². The summed E-state index contributed by atoms with van der Waals surface area (Å²) >= 11 is 2.36. The normalized spacial score (nSPS) is 13.6. The molecule has 2 heterocycles. The van der Waals surface area contributed by atoms with Crippen LogP contribution in [-0.4, -0.2) is 32.0 Å². The van der Waals surface area contributed by atoms with Crippen LogP contribution in [0.25, 0.3) is 11.2 Å². The first-order chi connectivity index (χ1) is 14.6. The molecule has 0 radical (unpaired) electrons. The summed E-state index contributed by atoms with van der Waals surface area (Å²) in [6.07, 6.45) is 3.09. The largest absolute Gasteiger partial charge is 0.382 e. The summed E-state index contributed by atoms with van der Waals surface area (Å²) in [5.41, 5.74) is 10.2. The predicted octanol–water partition coefficient (Wildman–Crippen LogP) is 3.39. The molecular formula is C22H26FIN6O. The molecule has 3 N–H and O–H groups in total. The number of hydrogen-bond acceptors (Lipinski definition) is 5. The van der Waals surface area contributed by atoms with Gasteiger partial charge in [-0.15, -0.1) is 0 Å². The van der Waals surface area contributed by atoms with Crippen LogP contribution in [0.4, 0.5) is 10.2 Å². The minimum atomic E-state index is -0.886. The molecule has 0 bridgehead atoms. The highest BCUT2D eigenvalue weighted by molar-refractivity contribution is 14.1. The summed E-state index contributed by atoms with van der Waals surface area (Å²) in [4.78, 5) is 24.5. The molecule has 0 saturated heterocycles. The molecular weight excluding hydrogens is 510 g/mol. The van der Waals surface area contributed by atoms with E-state index < -0.39 is 11.5 Å². The van der Waals surface area contributed by atoms with Crippen LogP contribution < -0.4 is 11.1 Å². The lowest BCUT2D eigenvalue weighted by atomic mass is 9.96. The van der Waals surface area contributed by atoms with Gasteiger partial charge in [-0.1, -0.05) is 26.8 Å². The van der Waals surface area contributed by atoms with Gasteiger partial charge >= 0.3 is 6.08 Å². The minimum absolute atomic E-state index is 0.0184. The van der Waals surface area contributed by atoms with Crippen molar-refractivity contribution < 1.29 is 9.18 Å². The number of halogens is 2. The van der Waals surface area contributed by atoms with Gasteiger partial charge in [-0.05, 0) is 64.6 Å². The zero-order valence-electron chi connectivity index (χ0n) is 17.9. The molecule has 0 atom stereocenters. The highest BCUT2D eigenvalue weighted by atomic mass is 127. The second-order valence-electron chi connectivity index (χ2n) is 8.98. The average molecular weight is 536 g/mol. The molecule has 7 nitrogen and oxygen atoms in total. The van der Waals surface area contributed by atoms with Gasteiger partial charge in [0.25, 0.3) is 0 Å². The van der Waals surface area contributed by atoms with E-state index in [0.717, 1.165) is 18.7 Å². The zero-order valence-corrected chi connectivity index (χ0v) is 20.1. The van der Waals surface area contributed by atoms with Gasteiger partial charge in [0.2, 0.25) is 5.91 Å². The standard InChI is InChI=1S/C22H26FIN6O/c1-22(2,3)20(31)26-7-8-30-16(27-17-18(25)28-21(23)29-19(17)30)11-14-9-12-5-4-6-13(12)10-15(14)24/h9-10H,4-8,11H2,1-3H3,(H,26,31)(H2,25,28,29). The van der Waals surface area contributed by atoms with Crippen molar-refractivity contribution in [3.05, 3.63) is 44.3 Å². The Balaban J connectivity index is 1.68. The van der Waals surface area contributed by atoms with Gasteiger partial charge in [-0.25, -0.2) is 4.98 Å². The summed E-state index contributed by atoms with van der Waals surface area (Å²) < 4.78 is 16.9. The summed E-state index contributed by atoms with van der Waals surface area (Å²) in [6, 6.07) is 4.51. The number of nitrogens with one attached hydrogen (secondary N) is 1. The first-order valence-corrected chi connectivity index (χ1v) is 11.5. The lowest BCUT2D eigenvalue weighted by Gasteiger charge is -2.18. The van der Waals surface area contributed by atoms with E-state index in [-0.39, 0.29) is 11.7 Å². The Morgan fingerprint density at radius 3 is 2.65 bits per heavy atom. The molecule has 2 aromatic heterocycles. The number of aromatic nitrogens is 4. The molecule has 3 aromatic rings. The van der Waals surface area contributed by atoms with Gasteiger partial charge in [-0.2, -0.15) is 14.4 Å². The number of nitrogens with two attached hydrogens (primary N) is 1. The number of amides is 1. The van der Waals surface area contributed by atoms with Crippen molar-refractivity contribution in [3.8, 4) is 0 Å². The van der Waals surface area contributed by atoms with E-state index in [2.05, 4.69) is 55.0 Å². The number of nitrogens with zero attached hydrogens (tertiary/aromatic N) is 4. The Hall–Kier alpha value is -2.30. The SMILES string of the molecule is CC(C)(C)C(=O)NCCn1c(Cc2cc3c(cc2I)CCC3)nc2c(N)nc(F)nc21. The second kappa shape index (κ2) is 8.33. The molecule has 31 heavy (non-hydrogen) atoms. The highest BCUT2D eigenvalue weighted by Crippen LogP contribution is 2.29. The van der Waals surface area contributed by atoms with Gasteiger partial charge < -0.3 is 15.6 Å². The molecule has 4 rings (SSSR count). The minimum Gasteiger partial charge on any atom is -0.382 e. The van der Waals surface area contributed by atoms with Crippen molar-refractivity contribution in [2.24, 2.45) is 5.41 Å². The third-order valence-corrected chi connectivity index (χ3v) is 6.59. The lowest BCUT2D eigenvalue weighted by molar-refractivity contribution is -0.128. The van der Waals surface area contributed by atoms with Crippen molar-refractivity contribution in [3.63, 3.8) is 0 Å². The smallest absolute Gasteiger partial charge is 0.312 e. The van der Waals surface area contributed by atoms with Gasteiger partial charge in [0.1, 0.15) is 5.82 Å². The van der Waals surface area contributed by atoms with Crippen LogP contribution in [0, 0.1) is 15.1 Å². The molecule has 0 spiro atoms. The van der Waals surface area contributed by atoms with E-state index in [0.29, 0.717) is 30.7 Å². The first-order valence-electron chi connectivity index (χ1n) is 10.4. The maximum Gasteiger partial charge on any atom is 0.312 e. The van der Waals surface area contributed by atoms with Crippen LogP contribution >= 0.6 is 22.6 Å². The topological polar surface area (TPSA) is 98.7 Å². The van der Waals surface area contributed by atoms with Crippen molar-refractivity contribution >= 4 is 45.5 Å². The molecule has 1 aliphatic rings. The molecule has 0 fully saturated rings. The van der Waals surface area contributed by atoms with Crippen LogP contribution in [0.5, 0.6) is 0 Å². The van der Waals surface area contributed by atoms with E-state index in [1.807, 2.05) is 25.3 Å². The summed E-state index contributed by atoms with van der Waals surface area (Å²) in [7, 11) is 0. The van der Waals surface area contributed by atoms with Crippen molar-refractivity contribution in [1.29, 1.82) is 0 Å². The predicted molar refractivity (Wildman–Crippen MR) is 126 cm³/mol. The third-order valence-electron chi connectivity index (χ3n) is 5.58. The Morgan fingerprint density at radius 2 is 1.94 bits per heavy atom. The van der Waals surface area contributed by atoms with Crippen LogP contribution in [0.2, 0.25) is 0 Å². The van der Waals surface area contributed by atoms with E-state index in [4.69, 9.17) is 5.73 Å². The highest BCUT2D eigenvalue weighted by Gasteiger charge is 2.22. The maximum atomic E-state index is 13.9. The number of carbonyl (C=O) groups is 1. The number of hydrogen-bond donors (Lipinski definition) is 2. The van der Waals surface area contributed by atoms with Gasteiger partial charge in [0.05, 0.1) is 0 Å². The molecule has 1 amide bonds. The number of nitrogen functional groups attached to an aromatic ring is 1. The van der Waals surface area contributed by atoms with E-state index in [1.165, 1.54) is 26.7 Å². The van der Waals surface area contributed by atoms with Crippen LogP contribution in [0.15, 0.2) is 12.1 Å². The number of aryl methyl sites for hydroxylation is 2. The van der Waals surface area contributed by atoms with E-state index in [9.17, 15) is 9.18 Å². The molecule has 0 aliphatic heterocycles. The fourth-order valence-corrected chi connectivity index (χ4v) is 4.63. The molecule has 9 heteroatoms. The Morgan fingerprint density at radius 1 is 1.23 bits per heavy atom. The van der Waals surface area contributed by atoms with Gasteiger partial charge in [-0.3, -0.25) is 4.79 Å². The number of fused-ring (bicyclic) bond motifs is 2. The van der Waals surface area contributed by atoms with Gasteiger partial charge in [0, 0.05) is 28.5 Å². The summed E-state index contributed by atoms with van der Waals surface area (Å²) in [5, 5.41) is 2.93. The molecule has 0 unspecified atom stereocenters. The number of rotatable bonds is 5. The van der Waals surface area contributed by atoms with E-state index >= 15 is 0 Å². The maximum absolute atomic E-state index is 13.9. The third kappa shape index (κ3) is 4.51. The van der Waals surface area contributed by atoms with Crippen LogP contribution in [0.1, 0.15) is 49.7 Å². The summed E-state index contributed by atoms with van der Waals surface area (Å²) in [5.74, 6) is 0.694. The fraction of sp³-hybridized carbons (Fsp3) is 0.455. The number of carbonyl (C=O) groups excluding carboxylic acids is 1. The van der Waals surface area contributed by atoms with Gasteiger partial charge in [0.15, 0.2) is 17.0 Å². The van der Waals surface area contributed by atoms with Crippen molar-refractivity contribution in [2.45, 2.75) is 53.0 Å². The monoisotopic (exact) mass is 536 g/mol. The molecule has 1 aliphatic carbocycles. The van der Waals surface area contributed by atoms with E-state index in [1.54, 1.807) is 0 Å². The zero-order chi connectivity index (χ0) is 22.3. The second-order valence-corrected chi connectivity index (χ2v) is 10.1. The quantitative estimate of drug-likeness (QED) is 0.385. The molecule has 164 valence electrons. The fourth-order valence-electron chi connectivity index (χ4n) is 3.91. The average Bonchev–Trinajstić information content (AvgIpc) is 3.26. The van der Waals surface area contributed by atoms with Crippen LogP contribution in [-0.2, 0) is 30.6 Å². The summed E-state index contributed by atoms with van der Waals surface area (Å²) in [6.45, 7) is 6.37.